The fourth-order valence-corrected chi connectivity index (χ4v) is 2.27. The van der Waals surface area contributed by atoms with Crippen LogP contribution in [0.15, 0.2) is 79.4 Å². The van der Waals surface area contributed by atoms with Crippen molar-refractivity contribution >= 4 is 22.1 Å². The lowest BCUT2D eigenvalue weighted by molar-refractivity contribution is 0.105. The summed E-state index contributed by atoms with van der Waals surface area (Å²) >= 11 is 0. The van der Waals surface area contributed by atoms with E-state index in [9.17, 15) is 4.79 Å². The molecule has 3 aromatic carbocycles. The van der Waals surface area contributed by atoms with Gasteiger partial charge in [-0.15, -0.1) is 0 Å². The van der Waals surface area contributed by atoms with Crippen LogP contribution >= 0.6 is 0 Å². The molecule has 0 atom stereocenters. The summed E-state index contributed by atoms with van der Waals surface area (Å²) in [5.74, 6) is -0.0270. The molecular formula is C19H14O. The first-order valence-corrected chi connectivity index (χ1v) is 6.53. The van der Waals surface area contributed by atoms with Crippen molar-refractivity contribution in [1.29, 1.82) is 0 Å². The van der Waals surface area contributed by atoms with Gasteiger partial charge in [0.2, 0.25) is 0 Å². The van der Waals surface area contributed by atoms with Crippen LogP contribution in [-0.4, -0.2) is 5.78 Å². The average molecular weight is 258 g/mol. The molecule has 0 heterocycles. The zero-order chi connectivity index (χ0) is 13.9. The molecule has 96 valence electrons. The highest BCUT2D eigenvalue weighted by atomic mass is 16.1. The number of rotatable bonds is 3. The van der Waals surface area contributed by atoms with Gasteiger partial charge in [0.15, 0.2) is 5.78 Å². The first kappa shape index (κ1) is 12.4. The minimum absolute atomic E-state index is 0.0270. The summed E-state index contributed by atoms with van der Waals surface area (Å²) in [6.45, 7) is 3.96. The minimum Gasteiger partial charge on any atom is -0.289 e. The Morgan fingerprint density at radius 2 is 1.35 bits per heavy atom. The lowest BCUT2D eigenvalue weighted by Gasteiger charge is -2.07. The number of hydrogen-bond acceptors (Lipinski definition) is 1. The van der Waals surface area contributed by atoms with Crippen molar-refractivity contribution in [2.24, 2.45) is 0 Å². The van der Waals surface area contributed by atoms with Crippen molar-refractivity contribution in [2.75, 3.05) is 0 Å². The van der Waals surface area contributed by atoms with Crippen molar-refractivity contribution in [1.82, 2.24) is 0 Å². The second-order valence-corrected chi connectivity index (χ2v) is 4.74. The molecule has 0 radical (unpaired) electrons. The standard InChI is InChI=1S/C19H14O/c1-14(19(20)16-8-3-2-4-9-16)17-12-11-15-7-5-6-10-18(15)13-17/h2-13H,1H2. The third kappa shape index (κ3) is 2.26. The Hall–Kier alpha value is -2.67. The normalized spacial score (nSPS) is 10.4. The van der Waals surface area contributed by atoms with Crippen LogP contribution in [0.3, 0.4) is 0 Å². The van der Waals surface area contributed by atoms with E-state index in [-0.39, 0.29) is 5.78 Å². The molecule has 0 bridgehead atoms. The smallest absolute Gasteiger partial charge is 0.193 e. The van der Waals surface area contributed by atoms with E-state index in [0.717, 1.165) is 16.3 Å². The first-order chi connectivity index (χ1) is 9.75. The molecule has 0 aliphatic carbocycles. The van der Waals surface area contributed by atoms with Gasteiger partial charge in [-0.25, -0.2) is 0 Å². The molecule has 3 aromatic rings. The summed E-state index contributed by atoms with van der Waals surface area (Å²) in [4.78, 5) is 12.4. The monoisotopic (exact) mass is 258 g/mol. The Bertz CT molecular complexity index is 785. The van der Waals surface area contributed by atoms with Crippen LogP contribution in [0.5, 0.6) is 0 Å². The highest BCUT2D eigenvalue weighted by molar-refractivity contribution is 6.28. The zero-order valence-corrected chi connectivity index (χ0v) is 11.0. The molecule has 20 heavy (non-hydrogen) atoms. The molecule has 0 aromatic heterocycles. The molecule has 0 saturated carbocycles. The van der Waals surface area contributed by atoms with Gasteiger partial charge < -0.3 is 0 Å². The number of benzene rings is 3. The largest absolute Gasteiger partial charge is 0.289 e. The molecule has 0 amide bonds. The van der Waals surface area contributed by atoms with E-state index in [1.807, 2.05) is 66.7 Å². The van der Waals surface area contributed by atoms with Crippen molar-refractivity contribution in [3.8, 4) is 0 Å². The van der Waals surface area contributed by atoms with E-state index in [2.05, 4.69) is 12.6 Å². The van der Waals surface area contributed by atoms with Crippen LogP contribution in [0.25, 0.3) is 16.3 Å². The van der Waals surface area contributed by atoms with E-state index < -0.39 is 0 Å². The summed E-state index contributed by atoms with van der Waals surface area (Å²) < 4.78 is 0. The van der Waals surface area contributed by atoms with E-state index in [1.165, 1.54) is 0 Å². The summed E-state index contributed by atoms with van der Waals surface area (Å²) in [5, 5.41) is 2.28. The van der Waals surface area contributed by atoms with Gasteiger partial charge >= 0.3 is 0 Å². The van der Waals surface area contributed by atoms with Crippen LogP contribution in [-0.2, 0) is 0 Å². The Balaban J connectivity index is 1.98. The van der Waals surface area contributed by atoms with Crippen molar-refractivity contribution in [2.45, 2.75) is 0 Å². The number of hydrogen-bond donors (Lipinski definition) is 0. The number of Topliss-reactive ketones (excluding diaryl/α,β-unsaturated/α-hetero) is 1. The Labute approximate surface area is 118 Å². The van der Waals surface area contributed by atoms with Gasteiger partial charge in [0.1, 0.15) is 0 Å². The topological polar surface area (TPSA) is 17.1 Å². The summed E-state index contributed by atoms with van der Waals surface area (Å²) in [6.07, 6.45) is 0. The number of carbonyl (C=O) groups excluding carboxylic acids is 1. The second-order valence-electron chi connectivity index (χ2n) is 4.74. The molecule has 0 unspecified atom stereocenters. The van der Waals surface area contributed by atoms with Crippen LogP contribution in [0, 0.1) is 0 Å². The van der Waals surface area contributed by atoms with Gasteiger partial charge in [-0.05, 0) is 22.4 Å². The fourth-order valence-electron chi connectivity index (χ4n) is 2.27. The predicted molar refractivity (Wildman–Crippen MR) is 83.8 cm³/mol. The second kappa shape index (κ2) is 5.14. The summed E-state index contributed by atoms with van der Waals surface area (Å²) in [6, 6.07) is 23.3. The molecule has 1 heteroatoms. The van der Waals surface area contributed by atoms with Crippen molar-refractivity contribution in [3.05, 3.63) is 90.5 Å². The number of carbonyl (C=O) groups is 1. The Morgan fingerprint density at radius 1 is 0.700 bits per heavy atom. The van der Waals surface area contributed by atoms with Crippen LogP contribution in [0.2, 0.25) is 0 Å². The molecule has 0 aliphatic heterocycles. The maximum Gasteiger partial charge on any atom is 0.193 e. The molecular weight excluding hydrogens is 244 g/mol. The molecule has 0 spiro atoms. The number of allylic oxidation sites excluding steroid dienone is 1. The molecule has 0 saturated heterocycles. The third-order valence-corrected chi connectivity index (χ3v) is 3.41. The highest BCUT2D eigenvalue weighted by Crippen LogP contribution is 2.22. The molecule has 1 nitrogen and oxygen atoms in total. The molecule has 0 fully saturated rings. The lowest BCUT2D eigenvalue weighted by atomic mass is 9.96. The van der Waals surface area contributed by atoms with Gasteiger partial charge in [-0.2, -0.15) is 0 Å². The molecule has 0 aliphatic rings. The average Bonchev–Trinajstić information content (AvgIpc) is 2.54. The highest BCUT2D eigenvalue weighted by Gasteiger charge is 2.11. The summed E-state index contributed by atoms with van der Waals surface area (Å²) in [7, 11) is 0. The van der Waals surface area contributed by atoms with Crippen LogP contribution in [0.1, 0.15) is 15.9 Å². The van der Waals surface area contributed by atoms with Crippen molar-refractivity contribution < 1.29 is 4.79 Å². The zero-order valence-electron chi connectivity index (χ0n) is 11.0. The van der Waals surface area contributed by atoms with Gasteiger partial charge in [0, 0.05) is 11.1 Å². The fraction of sp³-hybridized carbons (Fsp3) is 0. The predicted octanol–water partition coefficient (Wildman–Crippen LogP) is 4.74. The first-order valence-electron chi connectivity index (χ1n) is 6.53. The van der Waals surface area contributed by atoms with Crippen LogP contribution in [0.4, 0.5) is 0 Å². The lowest BCUT2D eigenvalue weighted by Crippen LogP contribution is -2.01. The Kier molecular flexibility index (Phi) is 3.18. The SMILES string of the molecule is C=C(C(=O)c1ccccc1)c1ccc2ccccc2c1. The maximum atomic E-state index is 12.4. The molecule has 0 N–H and O–H groups in total. The van der Waals surface area contributed by atoms with Gasteiger partial charge in [0.05, 0.1) is 0 Å². The minimum atomic E-state index is -0.0270. The van der Waals surface area contributed by atoms with Gasteiger partial charge in [-0.3, -0.25) is 4.79 Å². The van der Waals surface area contributed by atoms with Crippen LogP contribution < -0.4 is 0 Å². The van der Waals surface area contributed by atoms with E-state index in [1.54, 1.807) is 0 Å². The summed E-state index contributed by atoms with van der Waals surface area (Å²) in [5.41, 5.74) is 2.07. The van der Waals surface area contributed by atoms with Gasteiger partial charge in [-0.1, -0.05) is 73.3 Å². The Morgan fingerprint density at radius 3 is 2.10 bits per heavy atom. The number of ketones is 1. The quantitative estimate of drug-likeness (QED) is 0.490. The molecule has 3 rings (SSSR count). The maximum absolute atomic E-state index is 12.4. The van der Waals surface area contributed by atoms with Crippen molar-refractivity contribution in [3.63, 3.8) is 0 Å². The van der Waals surface area contributed by atoms with E-state index in [4.69, 9.17) is 0 Å². The third-order valence-electron chi connectivity index (χ3n) is 3.41. The number of fused-ring (bicyclic) bond motifs is 1. The van der Waals surface area contributed by atoms with E-state index in [0.29, 0.717) is 11.1 Å². The van der Waals surface area contributed by atoms with Gasteiger partial charge in [0.25, 0.3) is 0 Å². The van der Waals surface area contributed by atoms with E-state index >= 15 is 0 Å².